The van der Waals surface area contributed by atoms with Crippen molar-refractivity contribution in [2.45, 2.75) is 71.6 Å². The summed E-state index contributed by atoms with van der Waals surface area (Å²) in [6.07, 6.45) is -2.43. The first kappa shape index (κ1) is 22.7. The summed E-state index contributed by atoms with van der Waals surface area (Å²) in [7, 11) is 1.06. The summed E-state index contributed by atoms with van der Waals surface area (Å²) in [5, 5.41) is 2.36. The lowest BCUT2D eigenvalue weighted by atomic mass is 10.1. The molecular formula is C16H27NO8. The standard InChI is InChI=1S/C16H27NO8/c1-15(2,3)24-12(19)10(17-13(20)25-16(4,5)6)8-9-11(18)23-14(21)22-7/h10H,8-9H2,1-7H3,(H,17,20)/t10-/m1/s1. The van der Waals surface area contributed by atoms with Gasteiger partial charge in [0.15, 0.2) is 0 Å². The third-order valence-electron chi connectivity index (χ3n) is 2.38. The Morgan fingerprint density at radius 2 is 1.44 bits per heavy atom. The maximum atomic E-state index is 12.2. The van der Waals surface area contributed by atoms with E-state index in [0.29, 0.717) is 0 Å². The number of hydrogen-bond donors (Lipinski definition) is 1. The van der Waals surface area contributed by atoms with Crippen LogP contribution in [0.25, 0.3) is 0 Å². The van der Waals surface area contributed by atoms with E-state index < -0.39 is 41.4 Å². The van der Waals surface area contributed by atoms with E-state index in [1.54, 1.807) is 41.5 Å². The highest BCUT2D eigenvalue weighted by molar-refractivity contribution is 5.84. The van der Waals surface area contributed by atoms with Crippen molar-refractivity contribution in [2.75, 3.05) is 7.11 Å². The number of esters is 2. The van der Waals surface area contributed by atoms with Gasteiger partial charge in [-0.3, -0.25) is 4.79 Å². The molecule has 0 saturated carbocycles. The van der Waals surface area contributed by atoms with Gasteiger partial charge in [-0.2, -0.15) is 0 Å². The highest BCUT2D eigenvalue weighted by atomic mass is 16.7. The SMILES string of the molecule is COC(=O)OC(=O)CC[C@@H](NC(=O)OC(C)(C)C)C(=O)OC(C)(C)C. The molecule has 0 aromatic rings. The minimum absolute atomic E-state index is 0.135. The van der Waals surface area contributed by atoms with Gasteiger partial charge in [0.2, 0.25) is 0 Å². The molecule has 9 heteroatoms. The van der Waals surface area contributed by atoms with E-state index in [2.05, 4.69) is 14.8 Å². The summed E-state index contributed by atoms with van der Waals surface area (Å²) in [6.45, 7) is 10.0. The lowest BCUT2D eigenvalue weighted by molar-refractivity contribution is -0.157. The third-order valence-corrected chi connectivity index (χ3v) is 2.38. The summed E-state index contributed by atoms with van der Waals surface area (Å²) in [5.41, 5.74) is -1.54. The molecule has 1 N–H and O–H groups in total. The van der Waals surface area contributed by atoms with Crippen LogP contribution in [0.1, 0.15) is 54.4 Å². The molecule has 0 rings (SSSR count). The number of alkyl carbamates (subject to hydrolysis) is 1. The molecule has 0 unspecified atom stereocenters. The van der Waals surface area contributed by atoms with Crippen LogP contribution in [-0.2, 0) is 28.5 Å². The monoisotopic (exact) mass is 361 g/mol. The Hall–Kier alpha value is -2.32. The molecule has 0 aromatic heterocycles. The fraction of sp³-hybridized carbons (Fsp3) is 0.750. The highest BCUT2D eigenvalue weighted by Crippen LogP contribution is 2.13. The molecule has 25 heavy (non-hydrogen) atoms. The first-order valence-electron chi connectivity index (χ1n) is 7.74. The highest BCUT2D eigenvalue weighted by Gasteiger charge is 2.29. The Morgan fingerprint density at radius 3 is 1.88 bits per heavy atom. The minimum Gasteiger partial charge on any atom is -0.458 e. The Balaban J connectivity index is 4.89. The van der Waals surface area contributed by atoms with Crippen LogP contribution < -0.4 is 5.32 Å². The van der Waals surface area contributed by atoms with Crippen LogP contribution >= 0.6 is 0 Å². The molecule has 9 nitrogen and oxygen atoms in total. The van der Waals surface area contributed by atoms with E-state index in [1.807, 2.05) is 0 Å². The molecule has 0 aromatic carbocycles. The van der Waals surface area contributed by atoms with Crippen molar-refractivity contribution in [1.82, 2.24) is 5.32 Å². The number of hydrogen-bond acceptors (Lipinski definition) is 8. The van der Waals surface area contributed by atoms with Gasteiger partial charge in [0.25, 0.3) is 0 Å². The first-order chi connectivity index (χ1) is 11.2. The number of rotatable bonds is 5. The van der Waals surface area contributed by atoms with E-state index in [4.69, 9.17) is 9.47 Å². The predicted octanol–water partition coefficient (Wildman–Crippen LogP) is 2.31. The summed E-state index contributed by atoms with van der Waals surface area (Å²) < 4.78 is 18.8. The van der Waals surface area contributed by atoms with Crippen molar-refractivity contribution in [3.8, 4) is 0 Å². The molecule has 1 amide bonds. The summed E-state index contributed by atoms with van der Waals surface area (Å²) in [4.78, 5) is 46.5. The van der Waals surface area contributed by atoms with Crippen molar-refractivity contribution in [3.05, 3.63) is 0 Å². The van der Waals surface area contributed by atoms with E-state index in [0.717, 1.165) is 7.11 Å². The summed E-state index contributed by atoms with van der Waals surface area (Å²) in [5.74, 6) is -1.63. The number of methoxy groups -OCH3 is 1. The van der Waals surface area contributed by atoms with Crippen molar-refractivity contribution in [2.24, 2.45) is 0 Å². The normalized spacial score (nSPS) is 12.6. The van der Waals surface area contributed by atoms with E-state index >= 15 is 0 Å². The Bertz CT molecular complexity index is 501. The number of nitrogens with one attached hydrogen (secondary N) is 1. The fourth-order valence-corrected chi connectivity index (χ4v) is 1.52. The maximum Gasteiger partial charge on any atom is 0.515 e. The molecule has 0 aliphatic heterocycles. The second-order valence-corrected chi connectivity index (χ2v) is 7.20. The predicted molar refractivity (Wildman–Crippen MR) is 86.7 cm³/mol. The molecule has 0 aliphatic rings. The van der Waals surface area contributed by atoms with E-state index in [9.17, 15) is 19.2 Å². The number of amides is 1. The molecule has 0 spiro atoms. The van der Waals surface area contributed by atoms with Gasteiger partial charge in [0, 0.05) is 6.42 Å². The molecule has 0 fully saturated rings. The first-order valence-corrected chi connectivity index (χ1v) is 7.74. The smallest absolute Gasteiger partial charge is 0.458 e. The van der Waals surface area contributed by atoms with Crippen LogP contribution in [0, 0.1) is 0 Å². The fourth-order valence-electron chi connectivity index (χ4n) is 1.52. The molecule has 0 saturated heterocycles. The van der Waals surface area contributed by atoms with Gasteiger partial charge in [-0.05, 0) is 48.0 Å². The second-order valence-electron chi connectivity index (χ2n) is 7.20. The zero-order valence-electron chi connectivity index (χ0n) is 15.8. The number of carbonyl (C=O) groups excluding carboxylic acids is 4. The van der Waals surface area contributed by atoms with Gasteiger partial charge in [-0.1, -0.05) is 0 Å². The Kier molecular flexibility index (Phi) is 8.38. The molecule has 0 aliphatic carbocycles. The summed E-state index contributed by atoms with van der Waals surface area (Å²) in [6, 6.07) is -1.14. The van der Waals surface area contributed by atoms with Crippen LogP contribution in [0.4, 0.5) is 9.59 Å². The third kappa shape index (κ3) is 11.8. The molecule has 0 heterocycles. The lowest BCUT2D eigenvalue weighted by Crippen LogP contribution is -2.46. The molecule has 0 radical (unpaired) electrons. The zero-order valence-corrected chi connectivity index (χ0v) is 15.8. The summed E-state index contributed by atoms with van der Waals surface area (Å²) >= 11 is 0. The van der Waals surface area contributed by atoms with Crippen molar-refractivity contribution in [3.63, 3.8) is 0 Å². The van der Waals surface area contributed by atoms with Gasteiger partial charge >= 0.3 is 24.2 Å². The van der Waals surface area contributed by atoms with E-state index in [-0.39, 0.29) is 12.8 Å². The molecule has 0 bridgehead atoms. The largest absolute Gasteiger partial charge is 0.515 e. The van der Waals surface area contributed by atoms with Crippen molar-refractivity contribution in [1.29, 1.82) is 0 Å². The van der Waals surface area contributed by atoms with Crippen LogP contribution in [0.15, 0.2) is 0 Å². The average Bonchev–Trinajstić information content (AvgIpc) is 2.39. The van der Waals surface area contributed by atoms with Gasteiger partial charge < -0.3 is 24.3 Å². The van der Waals surface area contributed by atoms with Crippen LogP contribution in [0.3, 0.4) is 0 Å². The van der Waals surface area contributed by atoms with Crippen LogP contribution in [0.2, 0.25) is 0 Å². The van der Waals surface area contributed by atoms with Gasteiger partial charge in [0.1, 0.15) is 17.2 Å². The van der Waals surface area contributed by atoms with Crippen molar-refractivity contribution < 1.29 is 38.1 Å². The zero-order chi connectivity index (χ0) is 19.8. The molecule has 144 valence electrons. The Labute approximate surface area is 147 Å². The Morgan fingerprint density at radius 1 is 0.920 bits per heavy atom. The van der Waals surface area contributed by atoms with Gasteiger partial charge in [-0.25, -0.2) is 14.4 Å². The van der Waals surface area contributed by atoms with E-state index in [1.165, 1.54) is 0 Å². The second kappa shape index (κ2) is 9.24. The van der Waals surface area contributed by atoms with Crippen LogP contribution in [0.5, 0.6) is 0 Å². The average molecular weight is 361 g/mol. The topological polar surface area (TPSA) is 117 Å². The van der Waals surface area contributed by atoms with Crippen LogP contribution in [-0.4, -0.2) is 48.5 Å². The number of ether oxygens (including phenoxy) is 4. The number of carbonyl (C=O) groups is 4. The van der Waals surface area contributed by atoms with Gasteiger partial charge in [-0.15, -0.1) is 0 Å². The minimum atomic E-state index is -1.15. The quantitative estimate of drug-likeness (QED) is 0.450. The van der Waals surface area contributed by atoms with Gasteiger partial charge in [0.05, 0.1) is 7.11 Å². The maximum absolute atomic E-state index is 12.2. The molecular weight excluding hydrogens is 334 g/mol. The molecule has 1 atom stereocenters. The lowest BCUT2D eigenvalue weighted by Gasteiger charge is -2.26. The van der Waals surface area contributed by atoms with Crippen molar-refractivity contribution >= 4 is 24.2 Å².